The van der Waals surface area contributed by atoms with Crippen LogP contribution in [0.15, 0.2) is 0 Å². The monoisotopic (exact) mass is 159 g/mol. The Kier molecular flexibility index (Phi) is 220. The average Bonchev–Trinajstić information content (AvgIpc) is 0.918. The summed E-state index contributed by atoms with van der Waals surface area (Å²) < 4.78 is 8.51. The van der Waals surface area contributed by atoms with Crippen LogP contribution < -0.4 is 0 Å². The van der Waals surface area contributed by atoms with Gasteiger partial charge in [0.2, 0.25) is 0 Å². The van der Waals surface area contributed by atoms with E-state index < -0.39 is 8.69 Å². The molecule has 0 saturated heterocycles. The van der Waals surface area contributed by atoms with Crippen molar-refractivity contribution >= 4 is 8.69 Å². The Morgan fingerprint density at radius 2 is 1.33 bits per heavy atom. The molecule has 0 aliphatic heterocycles. The summed E-state index contributed by atoms with van der Waals surface area (Å²) in [5, 5.41) is 0. The third-order valence-corrected chi connectivity index (χ3v) is 0. The van der Waals surface area contributed by atoms with E-state index in [0.717, 1.165) is 0 Å². The van der Waals surface area contributed by atoms with Crippen molar-refractivity contribution in [2.75, 3.05) is 0 Å². The van der Waals surface area contributed by atoms with Gasteiger partial charge < -0.3 is 14.9 Å². The second kappa shape index (κ2) is 44.0. The molecule has 1 atom stereocenters. The molecule has 1 N–H and O–H groups in total. The van der Waals surface area contributed by atoms with Crippen molar-refractivity contribution in [1.82, 2.24) is 0 Å². The van der Waals surface area contributed by atoms with Crippen molar-refractivity contribution in [3.63, 3.8) is 0 Å². The molecule has 4 heteroatoms. The summed E-state index contributed by atoms with van der Waals surface area (Å²) in [6, 6.07) is 0. The predicted molar refractivity (Wildman–Crippen MR) is 24.0 cm³/mol. The first-order valence-electron chi connectivity index (χ1n) is 0.428. The van der Waals surface area contributed by atoms with Crippen molar-refractivity contribution in [1.29, 1.82) is 0 Å². The molecular weight excluding hydrogens is 152 g/mol. The van der Waals surface area contributed by atoms with Gasteiger partial charge in [-0.05, 0) is 4.57 Å². The van der Waals surface area contributed by atoms with Crippen LogP contribution in [0.5, 0.6) is 0 Å². The van der Waals surface area contributed by atoms with E-state index in [4.69, 9.17) is 9.46 Å². The SMILES string of the molecule is O=[PH+]O.[CH3-].[CH3-].[Zn+2]. The zero-order chi connectivity index (χ0) is 2.71. The molecule has 0 bridgehead atoms. The molecule has 0 saturated carbocycles. The molecule has 0 rings (SSSR count). The molecular formula is C2H8O2PZn+. The summed E-state index contributed by atoms with van der Waals surface area (Å²) in [5.41, 5.74) is 0. The summed E-state index contributed by atoms with van der Waals surface area (Å²) >= 11 is 0. The van der Waals surface area contributed by atoms with Crippen molar-refractivity contribution in [2.24, 2.45) is 0 Å². The predicted octanol–water partition coefficient (Wildman–Crippen LogP) is 0.816. The maximum absolute atomic E-state index is 8.51. The van der Waals surface area contributed by atoms with Crippen LogP contribution in [0.25, 0.3) is 0 Å². The first-order valence-corrected chi connectivity index (χ1v) is 1.28. The summed E-state index contributed by atoms with van der Waals surface area (Å²) in [5.74, 6) is 0. The molecule has 0 amide bonds. The minimum atomic E-state index is -1.17. The van der Waals surface area contributed by atoms with E-state index in [1.54, 1.807) is 0 Å². The first-order chi connectivity index (χ1) is 1.41. The Hall–Kier alpha value is 0.683. The third kappa shape index (κ3) is 136. The van der Waals surface area contributed by atoms with E-state index in [1.807, 2.05) is 0 Å². The summed E-state index contributed by atoms with van der Waals surface area (Å²) in [7, 11) is -1.17. The molecule has 0 spiro atoms. The maximum atomic E-state index is 8.51. The third-order valence-electron chi connectivity index (χ3n) is 0. The minimum Gasteiger partial charge on any atom is -0.358 e. The van der Waals surface area contributed by atoms with Gasteiger partial charge in [-0.2, -0.15) is 4.89 Å². The fraction of sp³-hybridized carbons (Fsp3) is 0. The zero-order valence-electron chi connectivity index (χ0n) is 4.06. The number of rotatable bonds is 0. The van der Waals surface area contributed by atoms with Crippen molar-refractivity contribution < 1.29 is 28.9 Å². The van der Waals surface area contributed by atoms with Gasteiger partial charge in [-0.1, -0.05) is 0 Å². The van der Waals surface area contributed by atoms with Crippen LogP contribution >= 0.6 is 8.69 Å². The van der Waals surface area contributed by atoms with Gasteiger partial charge in [-0.15, -0.1) is 0 Å². The molecule has 0 fully saturated rings. The van der Waals surface area contributed by atoms with E-state index >= 15 is 0 Å². The van der Waals surface area contributed by atoms with Crippen LogP contribution in [0, 0.1) is 14.9 Å². The van der Waals surface area contributed by atoms with E-state index in [1.165, 1.54) is 0 Å². The van der Waals surface area contributed by atoms with Crippen LogP contribution in [0.3, 0.4) is 0 Å². The number of hydrogen-bond donors (Lipinski definition) is 1. The van der Waals surface area contributed by atoms with Gasteiger partial charge >= 0.3 is 28.2 Å². The topological polar surface area (TPSA) is 37.3 Å². The van der Waals surface area contributed by atoms with Crippen LogP contribution in [0.2, 0.25) is 0 Å². The molecule has 0 radical (unpaired) electrons. The standard InChI is InChI=1S/2CH3.HO2P.Zn/c;;1-3-2;/h2*1H3;3H;/q2*-1;;+2/p+1. The Labute approximate surface area is 53.0 Å². The van der Waals surface area contributed by atoms with Crippen LogP contribution in [0.4, 0.5) is 0 Å². The Bertz CT molecular complexity index is 19.0. The van der Waals surface area contributed by atoms with Gasteiger partial charge in [0.1, 0.15) is 0 Å². The molecule has 0 aromatic heterocycles. The molecule has 0 aromatic carbocycles. The summed E-state index contributed by atoms with van der Waals surface area (Å²) in [6.45, 7) is 0. The molecule has 0 aliphatic rings. The summed E-state index contributed by atoms with van der Waals surface area (Å²) in [4.78, 5) is 7.04. The van der Waals surface area contributed by atoms with Gasteiger partial charge in [-0.25, -0.2) is 0 Å². The zero-order valence-corrected chi connectivity index (χ0v) is 8.03. The fourth-order valence-corrected chi connectivity index (χ4v) is 0. The van der Waals surface area contributed by atoms with Crippen LogP contribution in [-0.2, 0) is 24.0 Å². The van der Waals surface area contributed by atoms with E-state index in [-0.39, 0.29) is 34.3 Å². The second-order valence-corrected chi connectivity index (χ2v) is 0.274. The van der Waals surface area contributed by atoms with Gasteiger partial charge in [0.15, 0.2) is 0 Å². The smallest absolute Gasteiger partial charge is 0.358 e. The first kappa shape index (κ1) is 30.0. The molecule has 2 nitrogen and oxygen atoms in total. The largest absolute Gasteiger partial charge is 2.00 e. The van der Waals surface area contributed by atoms with Crippen LogP contribution in [-0.4, -0.2) is 4.89 Å². The van der Waals surface area contributed by atoms with E-state index in [9.17, 15) is 0 Å². The Morgan fingerprint density at radius 1 is 1.33 bits per heavy atom. The normalized spacial score (nSPS) is 3.50. The minimum absolute atomic E-state index is 0. The van der Waals surface area contributed by atoms with Crippen molar-refractivity contribution in [3.05, 3.63) is 14.9 Å². The average molecular weight is 160 g/mol. The molecule has 0 aliphatic carbocycles. The molecule has 6 heavy (non-hydrogen) atoms. The Balaban J connectivity index is -0.00000000667. The van der Waals surface area contributed by atoms with Crippen LogP contribution in [0.1, 0.15) is 0 Å². The summed E-state index contributed by atoms with van der Waals surface area (Å²) in [6.07, 6.45) is 0. The Morgan fingerprint density at radius 3 is 1.33 bits per heavy atom. The maximum Gasteiger partial charge on any atom is 2.00 e. The van der Waals surface area contributed by atoms with E-state index in [0.29, 0.717) is 0 Å². The molecule has 1 unspecified atom stereocenters. The number of hydrogen-bond acceptors (Lipinski definition) is 1. The van der Waals surface area contributed by atoms with Crippen molar-refractivity contribution in [2.45, 2.75) is 0 Å². The van der Waals surface area contributed by atoms with Gasteiger partial charge in [0, 0.05) is 0 Å². The van der Waals surface area contributed by atoms with Gasteiger partial charge in [0.05, 0.1) is 0 Å². The van der Waals surface area contributed by atoms with Crippen molar-refractivity contribution in [3.8, 4) is 0 Å². The quantitative estimate of drug-likeness (QED) is 0.324. The molecule has 0 aromatic rings. The fourth-order valence-electron chi connectivity index (χ4n) is 0. The second-order valence-electron chi connectivity index (χ2n) is 0.0913. The van der Waals surface area contributed by atoms with E-state index in [2.05, 4.69) is 0 Å². The van der Waals surface area contributed by atoms with Gasteiger partial charge in [0.25, 0.3) is 0 Å². The van der Waals surface area contributed by atoms with Gasteiger partial charge in [-0.3, -0.25) is 0 Å². The molecule has 34 valence electrons. The molecule has 0 heterocycles.